The largest absolute Gasteiger partial charge is 0.0884 e. The first-order valence-electron chi connectivity index (χ1n) is 3.67. The van der Waals surface area contributed by atoms with E-state index >= 15 is 0 Å². The first-order valence-corrected chi connectivity index (χ1v) is 4.96. The summed E-state index contributed by atoms with van der Waals surface area (Å²) >= 11 is 9.33. The summed E-state index contributed by atoms with van der Waals surface area (Å²) in [7, 11) is 0. The minimum Gasteiger partial charge on any atom is -0.0884 e. The zero-order valence-electron chi connectivity index (χ0n) is 5.93. The Morgan fingerprint density at radius 3 is 2.27 bits per heavy atom. The zero-order chi connectivity index (χ0) is 7.84. The van der Waals surface area contributed by atoms with E-state index in [0.29, 0.717) is 4.83 Å². The molecule has 0 nitrogen and oxygen atoms in total. The fourth-order valence-corrected chi connectivity index (χ4v) is 2.05. The Morgan fingerprint density at radius 2 is 1.82 bits per heavy atom. The van der Waals surface area contributed by atoms with Crippen molar-refractivity contribution in [3.05, 3.63) is 34.9 Å². The molecule has 11 heavy (non-hydrogen) atoms. The third-order valence-corrected chi connectivity index (χ3v) is 3.27. The second-order valence-corrected chi connectivity index (χ2v) is 4.52. The van der Waals surface area contributed by atoms with Gasteiger partial charge in [-0.2, -0.15) is 0 Å². The zero-order valence-corrected chi connectivity index (χ0v) is 8.27. The van der Waals surface area contributed by atoms with Gasteiger partial charge in [-0.1, -0.05) is 39.7 Å². The predicted octanol–water partition coefficient (Wildman–Crippen LogP) is 3.59. The van der Waals surface area contributed by atoms with Crippen LogP contribution in [0.4, 0.5) is 0 Å². The molecule has 1 aliphatic rings. The van der Waals surface area contributed by atoms with E-state index in [9.17, 15) is 0 Å². The first kappa shape index (κ1) is 7.63. The van der Waals surface area contributed by atoms with E-state index in [1.165, 1.54) is 12.0 Å². The topological polar surface area (TPSA) is 0 Å². The van der Waals surface area contributed by atoms with Crippen LogP contribution in [0.2, 0.25) is 5.02 Å². The van der Waals surface area contributed by atoms with Gasteiger partial charge in [0.05, 0.1) is 0 Å². The molecule has 0 radical (unpaired) electrons. The van der Waals surface area contributed by atoms with E-state index in [1.807, 2.05) is 12.1 Å². The van der Waals surface area contributed by atoms with Gasteiger partial charge in [-0.05, 0) is 30.0 Å². The van der Waals surface area contributed by atoms with Gasteiger partial charge in [0.1, 0.15) is 0 Å². The number of hydrogen-bond donors (Lipinski definition) is 0. The van der Waals surface area contributed by atoms with Crippen LogP contribution in [0.3, 0.4) is 0 Å². The molecule has 1 fully saturated rings. The second-order valence-electron chi connectivity index (χ2n) is 2.91. The molecule has 1 aromatic rings. The Hall–Kier alpha value is -0.0100. The minimum absolute atomic E-state index is 0.698. The number of rotatable bonds is 1. The van der Waals surface area contributed by atoms with Gasteiger partial charge in [0.25, 0.3) is 0 Å². The molecule has 1 aliphatic carbocycles. The molecule has 2 rings (SSSR count). The monoisotopic (exact) mass is 230 g/mol. The van der Waals surface area contributed by atoms with Crippen LogP contribution in [0.15, 0.2) is 24.3 Å². The normalized spacial score (nSPS) is 28.5. The van der Waals surface area contributed by atoms with Crippen molar-refractivity contribution in [2.75, 3.05) is 0 Å². The molecule has 0 heterocycles. The summed E-state index contributed by atoms with van der Waals surface area (Å²) in [5.74, 6) is 0.729. The van der Waals surface area contributed by atoms with Crippen molar-refractivity contribution in [1.29, 1.82) is 0 Å². The Kier molecular flexibility index (Phi) is 1.94. The molecule has 0 saturated heterocycles. The molecule has 0 aromatic heterocycles. The highest BCUT2D eigenvalue weighted by molar-refractivity contribution is 9.09. The quantitative estimate of drug-likeness (QED) is 0.648. The van der Waals surface area contributed by atoms with Crippen molar-refractivity contribution < 1.29 is 0 Å². The predicted molar refractivity (Wildman–Crippen MR) is 51.5 cm³/mol. The molecule has 1 aromatic carbocycles. The molecule has 2 unspecified atom stereocenters. The lowest BCUT2D eigenvalue weighted by Crippen LogP contribution is -1.79. The lowest BCUT2D eigenvalue weighted by Gasteiger charge is -1.96. The molecule has 58 valence electrons. The van der Waals surface area contributed by atoms with Gasteiger partial charge in [0, 0.05) is 9.85 Å². The van der Waals surface area contributed by atoms with Gasteiger partial charge < -0.3 is 0 Å². The molecule has 0 spiro atoms. The fourth-order valence-electron chi connectivity index (χ4n) is 1.22. The van der Waals surface area contributed by atoms with Crippen LogP contribution in [0, 0.1) is 0 Å². The standard InChI is InChI=1S/C9H8BrCl/c10-9-5-8(9)6-1-3-7(11)4-2-6/h1-4,8-9H,5H2. The summed E-state index contributed by atoms with van der Waals surface area (Å²) in [5.41, 5.74) is 1.40. The maximum Gasteiger partial charge on any atom is 0.0406 e. The molecule has 0 amide bonds. The Bertz CT molecular complexity index is 255. The highest BCUT2D eigenvalue weighted by Gasteiger charge is 2.35. The van der Waals surface area contributed by atoms with E-state index in [1.54, 1.807) is 0 Å². The number of hydrogen-bond acceptors (Lipinski definition) is 0. The van der Waals surface area contributed by atoms with Crippen molar-refractivity contribution >= 4 is 27.5 Å². The highest BCUT2D eigenvalue weighted by atomic mass is 79.9. The maximum absolute atomic E-state index is 5.76. The van der Waals surface area contributed by atoms with Crippen LogP contribution >= 0.6 is 27.5 Å². The van der Waals surface area contributed by atoms with Crippen LogP contribution in [0.25, 0.3) is 0 Å². The van der Waals surface area contributed by atoms with E-state index in [4.69, 9.17) is 11.6 Å². The van der Waals surface area contributed by atoms with Gasteiger partial charge >= 0.3 is 0 Å². The lowest BCUT2D eigenvalue weighted by atomic mass is 10.1. The van der Waals surface area contributed by atoms with Crippen LogP contribution in [-0.2, 0) is 0 Å². The first-order chi connectivity index (χ1) is 5.27. The summed E-state index contributed by atoms with van der Waals surface area (Å²) in [6.07, 6.45) is 1.27. The molecule has 0 N–H and O–H groups in total. The number of alkyl halides is 1. The third-order valence-electron chi connectivity index (χ3n) is 2.01. The summed E-state index contributed by atoms with van der Waals surface area (Å²) in [5, 5.41) is 0.820. The lowest BCUT2D eigenvalue weighted by molar-refractivity contribution is 1.14. The van der Waals surface area contributed by atoms with Crippen LogP contribution in [0.1, 0.15) is 17.9 Å². The van der Waals surface area contributed by atoms with Gasteiger partial charge in [-0.15, -0.1) is 0 Å². The number of benzene rings is 1. The summed E-state index contributed by atoms with van der Waals surface area (Å²) in [6, 6.07) is 8.12. The molecule has 2 atom stereocenters. The van der Waals surface area contributed by atoms with Gasteiger partial charge in [-0.3, -0.25) is 0 Å². The van der Waals surface area contributed by atoms with Gasteiger partial charge in [-0.25, -0.2) is 0 Å². The minimum atomic E-state index is 0.698. The van der Waals surface area contributed by atoms with E-state index in [-0.39, 0.29) is 0 Å². The van der Waals surface area contributed by atoms with Crippen molar-refractivity contribution in [2.45, 2.75) is 17.2 Å². The van der Waals surface area contributed by atoms with Crippen molar-refractivity contribution in [3.8, 4) is 0 Å². The second kappa shape index (κ2) is 2.80. The molecule has 2 heteroatoms. The van der Waals surface area contributed by atoms with E-state index < -0.39 is 0 Å². The highest BCUT2D eigenvalue weighted by Crippen LogP contribution is 2.46. The molecule has 0 bridgehead atoms. The average molecular weight is 232 g/mol. The Morgan fingerprint density at radius 1 is 1.27 bits per heavy atom. The van der Waals surface area contributed by atoms with Gasteiger partial charge in [0.2, 0.25) is 0 Å². The summed E-state index contributed by atoms with van der Waals surface area (Å²) < 4.78 is 0. The molecular weight excluding hydrogens is 223 g/mol. The fraction of sp³-hybridized carbons (Fsp3) is 0.333. The number of halogens is 2. The maximum atomic E-state index is 5.76. The van der Waals surface area contributed by atoms with Crippen molar-refractivity contribution in [1.82, 2.24) is 0 Å². The van der Waals surface area contributed by atoms with E-state index in [0.717, 1.165) is 10.9 Å². The molecular formula is C9H8BrCl. The third kappa shape index (κ3) is 1.60. The van der Waals surface area contributed by atoms with Crippen molar-refractivity contribution in [3.63, 3.8) is 0 Å². The smallest absolute Gasteiger partial charge is 0.0406 e. The summed E-state index contributed by atoms with van der Waals surface area (Å²) in [6.45, 7) is 0. The Balaban J connectivity index is 2.21. The van der Waals surface area contributed by atoms with E-state index in [2.05, 4.69) is 28.1 Å². The Labute approximate surface area is 79.7 Å². The molecule has 0 aliphatic heterocycles. The van der Waals surface area contributed by atoms with Crippen molar-refractivity contribution in [2.24, 2.45) is 0 Å². The SMILES string of the molecule is Clc1ccc(C2CC2Br)cc1. The van der Waals surface area contributed by atoms with Crippen LogP contribution < -0.4 is 0 Å². The van der Waals surface area contributed by atoms with Crippen LogP contribution in [0.5, 0.6) is 0 Å². The molecule has 1 saturated carbocycles. The summed E-state index contributed by atoms with van der Waals surface area (Å²) in [4.78, 5) is 0.698. The average Bonchev–Trinajstić information content (AvgIpc) is 2.69. The van der Waals surface area contributed by atoms with Gasteiger partial charge in [0.15, 0.2) is 0 Å². The van der Waals surface area contributed by atoms with Crippen LogP contribution in [-0.4, -0.2) is 4.83 Å².